The molecule has 0 radical (unpaired) electrons. The van der Waals surface area contributed by atoms with Gasteiger partial charge in [0.1, 0.15) is 0 Å². The van der Waals surface area contributed by atoms with Crippen LogP contribution in [0.3, 0.4) is 0 Å². The Morgan fingerprint density at radius 2 is 1.81 bits per heavy atom. The van der Waals surface area contributed by atoms with Gasteiger partial charge in [-0.1, -0.05) is 24.8 Å². The van der Waals surface area contributed by atoms with Gasteiger partial charge in [-0.3, -0.25) is 9.59 Å². The second-order valence-corrected chi connectivity index (χ2v) is 9.40. The van der Waals surface area contributed by atoms with Crippen LogP contribution in [-0.4, -0.2) is 28.5 Å². The standard InChI is InChI=1S/C28H28N4O3S/c1-4-27(34)35-16-14-21-8-11-23-24(13-15-29-28(23)31-21)32-25-17-18(2)5-12-26(25)36-22-9-6-20(7-10-22)30-19(3)33/h5-13,15,17H,4,14,16H2,1-3H3,(H,30,33)(H,29,31,32). The van der Waals surface area contributed by atoms with E-state index < -0.39 is 0 Å². The van der Waals surface area contributed by atoms with E-state index in [9.17, 15) is 9.59 Å². The van der Waals surface area contributed by atoms with Crippen LogP contribution >= 0.6 is 11.8 Å². The van der Waals surface area contributed by atoms with E-state index in [0.717, 1.165) is 43.5 Å². The summed E-state index contributed by atoms with van der Waals surface area (Å²) in [5.74, 6) is -0.303. The third kappa shape index (κ3) is 6.60. The first-order valence-electron chi connectivity index (χ1n) is 11.7. The third-order valence-electron chi connectivity index (χ3n) is 5.38. The highest BCUT2D eigenvalue weighted by Gasteiger charge is 2.10. The summed E-state index contributed by atoms with van der Waals surface area (Å²) < 4.78 is 5.17. The zero-order valence-corrected chi connectivity index (χ0v) is 21.3. The molecule has 0 spiro atoms. The summed E-state index contributed by atoms with van der Waals surface area (Å²) in [7, 11) is 0. The molecule has 0 aliphatic rings. The normalized spacial score (nSPS) is 10.8. The molecular weight excluding hydrogens is 472 g/mol. The van der Waals surface area contributed by atoms with Gasteiger partial charge >= 0.3 is 5.97 Å². The average molecular weight is 501 g/mol. The molecule has 4 rings (SSSR count). The van der Waals surface area contributed by atoms with Crippen LogP contribution in [0, 0.1) is 6.92 Å². The molecule has 0 saturated carbocycles. The monoisotopic (exact) mass is 500 g/mol. The Morgan fingerprint density at radius 1 is 1.00 bits per heavy atom. The van der Waals surface area contributed by atoms with Crippen molar-refractivity contribution in [3.05, 3.63) is 78.1 Å². The Labute approximate surface area is 214 Å². The summed E-state index contributed by atoms with van der Waals surface area (Å²) in [6.45, 7) is 5.64. The highest BCUT2D eigenvalue weighted by atomic mass is 32.2. The molecule has 4 aromatic rings. The average Bonchev–Trinajstić information content (AvgIpc) is 2.86. The predicted octanol–water partition coefficient (Wildman–Crippen LogP) is 6.29. The topological polar surface area (TPSA) is 93.2 Å². The second-order valence-electron chi connectivity index (χ2n) is 8.29. The van der Waals surface area contributed by atoms with E-state index in [1.165, 1.54) is 6.92 Å². The molecule has 2 aromatic heterocycles. The summed E-state index contributed by atoms with van der Waals surface area (Å²) in [5.41, 5.74) is 5.26. The first-order valence-corrected chi connectivity index (χ1v) is 12.6. The highest BCUT2D eigenvalue weighted by molar-refractivity contribution is 7.99. The van der Waals surface area contributed by atoms with Gasteiger partial charge in [-0.15, -0.1) is 0 Å². The van der Waals surface area contributed by atoms with Gasteiger partial charge < -0.3 is 15.4 Å². The van der Waals surface area contributed by atoms with Crippen LogP contribution < -0.4 is 10.6 Å². The number of pyridine rings is 2. The van der Waals surface area contributed by atoms with Gasteiger partial charge in [0.15, 0.2) is 5.65 Å². The van der Waals surface area contributed by atoms with E-state index in [-0.39, 0.29) is 11.9 Å². The zero-order chi connectivity index (χ0) is 25.5. The smallest absolute Gasteiger partial charge is 0.305 e. The lowest BCUT2D eigenvalue weighted by Gasteiger charge is -2.15. The molecule has 0 aliphatic heterocycles. The van der Waals surface area contributed by atoms with Crippen molar-refractivity contribution < 1.29 is 14.3 Å². The van der Waals surface area contributed by atoms with E-state index in [4.69, 9.17) is 4.74 Å². The number of hydrogen-bond acceptors (Lipinski definition) is 7. The highest BCUT2D eigenvalue weighted by Crippen LogP contribution is 2.37. The van der Waals surface area contributed by atoms with Crippen molar-refractivity contribution in [2.24, 2.45) is 0 Å². The number of aryl methyl sites for hydroxylation is 1. The molecule has 2 aromatic carbocycles. The first-order chi connectivity index (χ1) is 17.4. The molecule has 8 heteroatoms. The van der Waals surface area contributed by atoms with E-state index in [1.807, 2.05) is 42.5 Å². The zero-order valence-electron chi connectivity index (χ0n) is 20.5. The number of benzene rings is 2. The predicted molar refractivity (Wildman–Crippen MR) is 144 cm³/mol. The van der Waals surface area contributed by atoms with Crippen LogP contribution in [0.1, 0.15) is 31.5 Å². The molecule has 0 aliphatic carbocycles. The van der Waals surface area contributed by atoms with E-state index in [1.54, 1.807) is 24.9 Å². The maximum atomic E-state index is 11.4. The van der Waals surface area contributed by atoms with Gasteiger partial charge in [-0.2, -0.15) is 0 Å². The van der Waals surface area contributed by atoms with Crippen LogP contribution in [0.2, 0.25) is 0 Å². The van der Waals surface area contributed by atoms with Crippen LogP contribution in [0.25, 0.3) is 11.0 Å². The largest absolute Gasteiger partial charge is 0.465 e. The lowest BCUT2D eigenvalue weighted by atomic mass is 10.2. The Bertz CT molecular complexity index is 1390. The Balaban J connectivity index is 1.54. The Morgan fingerprint density at radius 3 is 2.56 bits per heavy atom. The molecule has 7 nitrogen and oxygen atoms in total. The molecule has 0 bridgehead atoms. The molecule has 2 N–H and O–H groups in total. The minimum Gasteiger partial charge on any atom is -0.465 e. The molecule has 1 amide bonds. The van der Waals surface area contributed by atoms with E-state index in [2.05, 4.69) is 45.7 Å². The van der Waals surface area contributed by atoms with Gasteiger partial charge in [0.05, 0.1) is 18.0 Å². The summed E-state index contributed by atoms with van der Waals surface area (Å²) in [6.07, 6.45) is 2.64. The number of esters is 1. The summed E-state index contributed by atoms with van der Waals surface area (Å²) in [5, 5.41) is 7.27. The summed E-state index contributed by atoms with van der Waals surface area (Å²) in [4.78, 5) is 33.9. The fourth-order valence-electron chi connectivity index (χ4n) is 3.60. The maximum absolute atomic E-state index is 11.4. The van der Waals surface area contributed by atoms with Gasteiger partial charge in [0.25, 0.3) is 0 Å². The van der Waals surface area contributed by atoms with Crippen molar-refractivity contribution in [3.63, 3.8) is 0 Å². The number of carbonyl (C=O) groups excluding carboxylic acids is 2. The molecule has 0 atom stereocenters. The number of aromatic nitrogens is 2. The van der Waals surface area contributed by atoms with Crippen LogP contribution in [0.15, 0.2) is 76.7 Å². The molecule has 36 heavy (non-hydrogen) atoms. The maximum Gasteiger partial charge on any atom is 0.305 e. The molecule has 0 fully saturated rings. The number of anilines is 3. The number of hydrogen-bond donors (Lipinski definition) is 2. The van der Waals surface area contributed by atoms with E-state index >= 15 is 0 Å². The fourth-order valence-corrected chi connectivity index (χ4v) is 4.48. The minimum atomic E-state index is -0.212. The second kappa shape index (κ2) is 11.7. The summed E-state index contributed by atoms with van der Waals surface area (Å²) in [6, 6.07) is 20.0. The van der Waals surface area contributed by atoms with Crippen LogP contribution in [-0.2, 0) is 20.7 Å². The van der Waals surface area contributed by atoms with Crippen molar-refractivity contribution in [2.75, 3.05) is 17.2 Å². The number of ether oxygens (including phenoxy) is 1. The number of nitrogens with one attached hydrogen (secondary N) is 2. The van der Waals surface area contributed by atoms with Crippen molar-refractivity contribution >= 4 is 51.7 Å². The first kappa shape index (κ1) is 25.2. The van der Waals surface area contributed by atoms with Crippen molar-refractivity contribution in [2.45, 2.75) is 43.4 Å². The van der Waals surface area contributed by atoms with Gasteiger partial charge in [-0.25, -0.2) is 9.97 Å². The SMILES string of the molecule is CCC(=O)OCCc1ccc2c(Nc3cc(C)ccc3Sc3ccc(NC(C)=O)cc3)ccnc2n1. The molecule has 2 heterocycles. The summed E-state index contributed by atoms with van der Waals surface area (Å²) >= 11 is 1.64. The number of nitrogens with zero attached hydrogens (tertiary/aromatic N) is 2. The lowest BCUT2D eigenvalue weighted by molar-refractivity contribution is -0.143. The van der Waals surface area contributed by atoms with Crippen LogP contribution in [0.4, 0.5) is 17.1 Å². The molecule has 0 unspecified atom stereocenters. The number of fused-ring (bicyclic) bond motifs is 1. The van der Waals surface area contributed by atoms with Crippen molar-refractivity contribution in [1.29, 1.82) is 0 Å². The molecular formula is C28H28N4O3S. The van der Waals surface area contributed by atoms with E-state index in [0.29, 0.717) is 25.1 Å². The number of rotatable bonds is 9. The molecule has 184 valence electrons. The molecule has 0 saturated heterocycles. The van der Waals surface area contributed by atoms with Gasteiger partial charge in [0.2, 0.25) is 5.91 Å². The third-order valence-corrected chi connectivity index (χ3v) is 6.46. The Kier molecular flexibility index (Phi) is 8.17. The van der Waals surface area contributed by atoms with Gasteiger partial charge in [0, 0.05) is 52.5 Å². The quantitative estimate of drug-likeness (QED) is 0.261. The Hall–Kier alpha value is -3.91. The van der Waals surface area contributed by atoms with Crippen molar-refractivity contribution in [1.82, 2.24) is 9.97 Å². The fraction of sp³-hybridized carbons (Fsp3) is 0.214. The number of carbonyl (C=O) groups is 2. The van der Waals surface area contributed by atoms with Crippen molar-refractivity contribution in [3.8, 4) is 0 Å². The lowest BCUT2D eigenvalue weighted by Crippen LogP contribution is -2.07. The van der Waals surface area contributed by atoms with Gasteiger partial charge in [-0.05, 0) is 67.1 Å². The minimum absolute atomic E-state index is 0.0912. The van der Waals surface area contributed by atoms with Crippen LogP contribution in [0.5, 0.6) is 0 Å². The number of amides is 1.